The molecule has 1 unspecified atom stereocenters. The Morgan fingerprint density at radius 2 is 1.87 bits per heavy atom. The summed E-state index contributed by atoms with van der Waals surface area (Å²) in [7, 11) is 0. The van der Waals surface area contributed by atoms with Gasteiger partial charge in [-0.2, -0.15) is 13.9 Å². The van der Waals surface area contributed by atoms with E-state index in [9.17, 15) is 13.6 Å². The maximum absolute atomic E-state index is 13.4. The Morgan fingerprint density at radius 1 is 1.10 bits per heavy atom. The smallest absolute Gasteiger partial charge is 0.314 e. The number of hydrogen-bond acceptors (Lipinski definition) is 5. The highest BCUT2D eigenvalue weighted by atomic mass is 19.3. The summed E-state index contributed by atoms with van der Waals surface area (Å²) < 4.78 is 32.7. The van der Waals surface area contributed by atoms with Crippen LogP contribution in [0.5, 0.6) is 0 Å². The Hall–Kier alpha value is -3.10. The molecule has 0 saturated heterocycles. The van der Waals surface area contributed by atoms with Gasteiger partial charge in [0.15, 0.2) is 0 Å². The zero-order valence-electron chi connectivity index (χ0n) is 17.4. The molecule has 3 heterocycles. The Balaban J connectivity index is 1.44. The third-order valence-electron chi connectivity index (χ3n) is 6.27. The first-order chi connectivity index (χ1) is 14.9. The first kappa shape index (κ1) is 19.8. The summed E-state index contributed by atoms with van der Waals surface area (Å²) >= 11 is 0. The van der Waals surface area contributed by atoms with E-state index >= 15 is 0 Å². The number of carbonyl (C=O) groups excluding carboxylic acids is 1. The first-order valence-electron chi connectivity index (χ1n) is 10.5. The van der Waals surface area contributed by atoms with Crippen molar-refractivity contribution in [3.63, 3.8) is 0 Å². The minimum Gasteiger partial charge on any atom is -0.415 e. The molecular weight excluding hydrogens is 404 g/mol. The van der Waals surface area contributed by atoms with E-state index < -0.39 is 12.3 Å². The van der Waals surface area contributed by atoms with E-state index in [1.807, 2.05) is 17.9 Å². The van der Waals surface area contributed by atoms with Crippen LogP contribution in [0.25, 0.3) is 11.5 Å². The third kappa shape index (κ3) is 3.41. The van der Waals surface area contributed by atoms with Gasteiger partial charge in [0.25, 0.3) is 11.8 Å². The molecule has 31 heavy (non-hydrogen) atoms. The maximum Gasteiger partial charge on any atom is 0.314 e. The van der Waals surface area contributed by atoms with Crippen molar-refractivity contribution in [1.29, 1.82) is 0 Å². The van der Waals surface area contributed by atoms with Gasteiger partial charge < -0.3 is 9.32 Å². The van der Waals surface area contributed by atoms with Crippen LogP contribution in [-0.2, 0) is 6.54 Å². The molecule has 7 nitrogen and oxygen atoms in total. The average Bonchev–Trinajstić information content (AvgIpc) is 3.45. The number of benzene rings is 1. The molecule has 2 aromatic heterocycles. The van der Waals surface area contributed by atoms with E-state index in [0.717, 1.165) is 42.6 Å². The predicted molar refractivity (Wildman–Crippen MR) is 108 cm³/mol. The summed E-state index contributed by atoms with van der Waals surface area (Å²) in [6, 6.07) is 7.51. The van der Waals surface area contributed by atoms with Crippen LogP contribution < -0.4 is 0 Å². The van der Waals surface area contributed by atoms with E-state index in [1.165, 1.54) is 0 Å². The zero-order valence-corrected chi connectivity index (χ0v) is 17.4. The quantitative estimate of drug-likeness (QED) is 0.607. The molecule has 2 aliphatic rings. The molecule has 1 saturated carbocycles. The molecule has 1 aliphatic heterocycles. The molecule has 162 valence electrons. The highest BCUT2D eigenvalue weighted by molar-refractivity contribution is 5.99. The van der Waals surface area contributed by atoms with Gasteiger partial charge >= 0.3 is 6.43 Å². The van der Waals surface area contributed by atoms with Crippen molar-refractivity contribution in [3.05, 3.63) is 52.7 Å². The standard InChI is InChI=1S/C22H23F2N5O2/c1-12-9-13(2)29(27-12)18-6-4-3-5-17(18)28-11-15-8-7-14(10-16(15)22(28)30)20-25-26-21(31-20)19(23)24/h7-10,17-19H,3-6,11H2,1-2H3/t17?,18-/m1/s1. The van der Waals surface area contributed by atoms with Crippen molar-refractivity contribution in [2.75, 3.05) is 0 Å². The van der Waals surface area contributed by atoms with Gasteiger partial charge in [-0.05, 0) is 50.5 Å². The van der Waals surface area contributed by atoms with Gasteiger partial charge in [-0.15, -0.1) is 10.2 Å². The van der Waals surface area contributed by atoms with Crippen LogP contribution in [0.4, 0.5) is 8.78 Å². The first-order valence-corrected chi connectivity index (χ1v) is 10.5. The molecule has 1 aromatic carbocycles. The molecule has 2 atom stereocenters. The second-order valence-electron chi connectivity index (χ2n) is 8.34. The van der Waals surface area contributed by atoms with Gasteiger partial charge in [-0.3, -0.25) is 9.48 Å². The maximum atomic E-state index is 13.4. The minimum absolute atomic E-state index is 0.0115. The van der Waals surface area contributed by atoms with Crippen molar-refractivity contribution in [1.82, 2.24) is 24.9 Å². The summed E-state index contributed by atoms with van der Waals surface area (Å²) in [5.41, 5.74) is 4.02. The molecule has 1 fully saturated rings. The number of nitrogens with zero attached hydrogens (tertiary/aromatic N) is 5. The van der Waals surface area contributed by atoms with Crippen molar-refractivity contribution in [3.8, 4) is 11.5 Å². The topological polar surface area (TPSA) is 77.0 Å². The van der Waals surface area contributed by atoms with Crippen molar-refractivity contribution in [2.45, 2.75) is 64.6 Å². The summed E-state index contributed by atoms with van der Waals surface area (Å²) in [6.07, 6.45) is 1.27. The van der Waals surface area contributed by atoms with E-state index in [4.69, 9.17) is 4.42 Å². The number of fused-ring (bicyclic) bond motifs is 1. The Kier molecular flexibility index (Phi) is 4.83. The molecule has 9 heteroatoms. The van der Waals surface area contributed by atoms with Crippen LogP contribution in [0.15, 0.2) is 28.7 Å². The lowest BCUT2D eigenvalue weighted by molar-refractivity contribution is 0.0556. The van der Waals surface area contributed by atoms with Crippen molar-refractivity contribution >= 4 is 5.91 Å². The zero-order chi connectivity index (χ0) is 21.7. The van der Waals surface area contributed by atoms with Crippen LogP contribution in [-0.4, -0.2) is 36.8 Å². The van der Waals surface area contributed by atoms with E-state index in [2.05, 4.69) is 33.0 Å². The molecule has 0 spiro atoms. The van der Waals surface area contributed by atoms with E-state index in [0.29, 0.717) is 17.7 Å². The summed E-state index contributed by atoms with van der Waals surface area (Å²) in [5.74, 6) is -0.787. The Morgan fingerprint density at radius 3 is 2.55 bits per heavy atom. The fraction of sp³-hybridized carbons (Fsp3) is 0.455. The van der Waals surface area contributed by atoms with Crippen LogP contribution >= 0.6 is 0 Å². The molecular formula is C22H23F2N5O2. The van der Waals surface area contributed by atoms with Crippen molar-refractivity contribution < 1.29 is 18.0 Å². The molecule has 3 aromatic rings. The lowest BCUT2D eigenvalue weighted by Gasteiger charge is -2.38. The fourth-order valence-corrected chi connectivity index (χ4v) is 4.89. The monoisotopic (exact) mass is 427 g/mol. The van der Waals surface area contributed by atoms with Gasteiger partial charge in [-0.1, -0.05) is 18.9 Å². The van der Waals surface area contributed by atoms with Crippen LogP contribution in [0.1, 0.15) is 71.4 Å². The largest absolute Gasteiger partial charge is 0.415 e. The van der Waals surface area contributed by atoms with Crippen LogP contribution in [0.3, 0.4) is 0 Å². The molecule has 5 rings (SSSR count). The summed E-state index contributed by atoms with van der Waals surface area (Å²) in [4.78, 5) is 15.3. The van der Waals surface area contributed by atoms with E-state index in [-0.39, 0.29) is 23.9 Å². The van der Waals surface area contributed by atoms with Crippen LogP contribution in [0.2, 0.25) is 0 Å². The summed E-state index contributed by atoms with van der Waals surface area (Å²) in [5, 5.41) is 11.8. The average molecular weight is 427 g/mol. The number of hydrogen-bond donors (Lipinski definition) is 0. The number of halogens is 2. The molecule has 0 bridgehead atoms. The third-order valence-corrected chi connectivity index (χ3v) is 6.27. The predicted octanol–water partition coefficient (Wildman–Crippen LogP) is 4.63. The van der Waals surface area contributed by atoms with Gasteiger partial charge in [0.05, 0.1) is 17.8 Å². The Labute approximate surface area is 178 Å². The second kappa shape index (κ2) is 7.55. The Bertz CT molecular complexity index is 1140. The van der Waals surface area contributed by atoms with Gasteiger partial charge in [-0.25, -0.2) is 0 Å². The van der Waals surface area contributed by atoms with Gasteiger partial charge in [0, 0.05) is 23.4 Å². The van der Waals surface area contributed by atoms with Gasteiger partial charge in [0.2, 0.25) is 5.89 Å². The number of aromatic nitrogens is 4. The second-order valence-corrected chi connectivity index (χ2v) is 8.34. The molecule has 0 N–H and O–H groups in total. The SMILES string of the molecule is Cc1cc(C)n([C@@H]2CCCCC2N2Cc3ccc(-c4nnc(C(F)F)o4)cc3C2=O)n1. The number of aryl methyl sites for hydroxylation is 2. The normalized spacial score (nSPS) is 21.2. The highest BCUT2D eigenvalue weighted by Gasteiger charge is 2.39. The lowest BCUT2D eigenvalue weighted by Crippen LogP contribution is -2.44. The summed E-state index contributed by atoms with van der Waals surface area (Å²) in [6.45, 7) is 4.56. The van der Waals surface area contributed by atoms with Gasteiger partial charge in [0.1, 0.15) is 0 Å². The fourth-order valence-electron chi connectivity index (χ4n) is 4.89. The lowest BCUT2D eigenvalue weighted by atomic mass is 9.89. The molecule has 1 amide bonds. The van der Waals surface area contributed by atoms with Crippen molar-refractivity contribution in [2.24, 2.45) is 0 Å². The minimum atomic E-state index is -2.83. The number of rotatable bonds is 4. The van der Waals surface area contributed by atoms with Crippen LogP contribution in [0, 0.1) is 13.8 Å². The molecule has 0 radical (unpaired) electrons. The number of alkyl halides is 2. The van der Waals surface area contributed by atoms with E-state index in [1.54, 1.807) is 12.1 Å². The number of amides is 1. The molecule has 1 aliphatic carbocycles. The highest BCUT2D eigenvalue weighted by Crippen LogP contribution is 2.38. The number of carbonyl (C=O) groups is 1.